The zero-order valence-corrected chi connectivity index (χ0v) is 19.2. The second-order valence-corrected chi connectivity index (χ2v) is 8.93. The molecule has 0 unspecified atom stereocenters. The molecule has 0 bridgehead atoms. The number of hydrogen-bond acceptors (Lipinski definition) is 5. The standard InChI is InChI=1S/C28H22N4O4/c33-23-21-11-14-30-26(32-16-15-29-17-32)25(21)36-24(19-5-2-1-3-6-19)22(23)18-7-9-20(10-8-18)28(12-4-13-28)31-27(34)35/h1-3,5-11,14-17,31H,4,12-13H2,(H,34,35). The Bertz CT molecular complexity index is 1620. The van der Waals surface area contributed by atoms with Crippen molar-refractivity contribution < 1.29 is 14.3 Å². The van der Waals surface area contributed by atoms with Crippen LogP contribution >= 0.6 is 0 Å². The van der Waals surface area contributed by atoms with Gasteiger partial charge in [-0.3, -0.25) is 9.36 Å². The van der Waals surface area contributed by atoms with Gasteiger partial charge in [0.15, 0.2) is 11.4 Å². The number of hydrogen-bond donors (Lipinski definition) is 2. The van der Waals surface area contributed by atoms with Gasteiger partial charge in [0.25, 0.3) is 0 Å². The minimum atomic E-state index is -1.04. The Hall–Kier alpha value is -4.72. The molecule has 8 heteroatoms. The molecule has 0 aliphatic heterocycles. The van der Waals surface area contributed by atoms with E-state index in [9.17, 15) is 14.7 Å². The zero-order valence-electron chi connectivity index (χ0n) is 19.2. The summed E-state index contributed by atoms with van der Waals surface area (Å²) in [6.07, 6.45) is 7.99. The van der Waals surface area contributed by atoms with E-state index in [0.717, 1.165) is 30.4 Å². The first-order valence-corrected chi connectivity index (χ1v) is 11.7. The lowest BCUT2D eigenvalue weighted by Crippen LogP contribution is -2.50. The van der Waals surface area contributed by atoms with Crippen LogP contribution in [-0.2, 0) is 5.54 Å². The van der Waals surface area contributed by atoms with Crippen molar-refractivity contribution in [3.05, 3.63) is 101 Å². The van der Waals surface area contributed by atoms with E-state index in [4.69, 9.17) is 4.42 Å². The molecule has 8 nitrogen and oxygen atoms in total. The summed E-state index contributed by atoms with van der Waals surface area (Å²) >= 11 is 0. The summed E-state index contributed by atoms with van der Waals surface area (Å²) < 4.78 is 8.16. The van der Waals surface area contributed by atoms with Crippen LogP contribution in [0.5, 0.6) is 0 Å². The molecular formula is C28H22N4O4. The van der Waals surface area contributed by atoms with Gasteiger partial charge in [-0.05, 0) is 36.5 Å². The van der Waals surface area contributed by atoms with E-state index in [0.29, 0.717) is 33.7 Å². The molecule has 36 heavy (non-hydrogen) atoms. The fourth-order valence-electron chi connectivity index (χ4n) is 4.91. The fraction of sp³-hybridized carbons (Fsp3) is 0.143. The SMILES string of the molecule is O=C(O)NC1(c2ccc(-c3c(-c4ccccc4)oc4c(-n5ccnc5)nccc4c3=O)cc2)CCC1. The van der Waals surface area contributed by atoms with Crippen LogP contribution in [0.4, 0.5) is 4.79 Å². The molecule has 3 heterocycles. The van der Waals surface area contributed by atoms with Crippen LogP contribution in [-0.4, -0.2) is 25.7 Å². The highest BCUT2D eigenvalue weighted by atomic mass is 16.4. The topological polar surface area (TPSA) is 110 Å². The van der Waals surface area contributed by atoms with Gasteiger partial charge < -0.3 is 14.8 Å². The minimum absolute atomic E-state index is 0.173. The Balaban J connectivity index is 1.56. The Kier molecular flexibility index (Phi) is 5.14. The number of aromatic nitrogens is 3. The van der Waals surface area contributed by atoms with Gasteiger partial charge in [0.2, 0.25) is 5.43 Å². The second kappa shape index (κ2) is 8.49. The smallest absolute Gasteiger partial charge is 0.405 e. The molecule has 1 aliphatic carbocycles. The fourth-order valence-corrected chi connectivity index (χ4v) is 4.91. The summed E-state index contributed by atoms with van der Waals surface area (Å²) in [7, 11) is 0. The molecule has 1 fully saturated rings. The first-order chi connectivity index (χ1) is 17.6. The predicted octanol–water partition coefficient (Wildman–Crippen LogP) is 5.35. The Morgan fingerprint density at radius 3 is 2.42 bits per heavy atom. The van der Waals surface area contributed by atoms with Crippen molar-refractivity contribution in [2.45, 2.75) is 24.8 Å². The van der Waals surface area contributed by atoms with Crippen LogP contribution in [0.3, 0.4) is 0 Å². The highest BCUT2D eigenvalue weighted by Crippen LogP contribution is 2.42. The third kappa shape index (κ3) is 3.54. The molecule has 1 amide bonds. The van der Waals surface area contributed by atoms with E-state index in [1.165, 1.54) is 0 Å². The predicted molar refractivity (Wildman–Crippen MR) is 135 cm³/mol. The minimum Gasteiger partial charge on any atom is -0.465 e. The van der Waals surface area contributed by atoms with Gasteiger partial charge in [0.1, 0.15) is 12.1 Å². The zero-order chi connectivity index (χ0) is 24.7. The van der Waals surface area contributed by atoms with Crippen molar-refractivity contribution in [2.24, 2.45) is 0 Å². The number of carbonyl (C=O) groups is 1. The molecular weight excluding hydrogens is 456 g/mol. The molecule has 0 saturated heterocycles. The highest BCUT2D eigenvalue weighted by Gasteiger charge is 2.40. The molecule has 0 radical (unpaired) electrons. The maximum Gasteiger partial charge on any atom is 0.405 e. The summed E-state index contributed by atoms with van der Waals surface area (Å²) in [5.41, 5.74) is 2.41. The van der Waals surface area contributed by atoms with Crippen molar-refractivity contribution in [3.8, 4) is 28.3 Å². The lowest BCUT2D eigenvalue weighted by Gasteiger charge is -2.42. The molecule has 1 saturated carbocycles. The van der Waals surface area contributed by atoms with Crippen molar-refractivity contribution in [1.29, 1.82) is 0 Å². The largest absolute Gasteiger partial charge is 0.465 e. The average Bonchev–Trinajstić information content (AvgIpc) is 3.41. The number of fused-ring (bicyclic) bond motifs is 1. The van der Waals surface area contributed by atoms with Crippen molar-refractivity contribution in [2.75, 3.05) is 0 Å². The third-order valence-corrected chi connectivity index (χ3v) is 6.85. The van der Waals surface area contributed by atoms with Crippen LogP contribution in [0.25, 0.3) is 39.2 Å². The summed E-state index contributed by atoms with van der Waals surface area (Å²) in [5, 5.41) is 12.4. The summed E-state index contributed by atoms with van der Waals surface area (Å²) in [6, 6.07) is 18.7. The average molecular weight is 479 g/mol. The number of benzene rings is 2. The number of rotatable bonds is 5. The maximum atomic E-state index is 13.9. The molecule has 178 valence electrons. The molecule has 2 aromatic carbocycles. The number of imidazole rings is 1. The van der Waals surface area contributed by atoms with Crippen molar-refractivity contribution in [3.63, 3.8) is 0 Å². The van der Waals surface area contributed by atoms with Gasteiger partial charge in [-0.1, -0.05) is 54.6 Å². The van der Waals surface area contributed by atoms with E-state index in [1.807, 2.05) is 54.6 Å². The Labute approximate surface area is 205 Å². The third-order valence-electron chi connectivity index (χ3n) is 6.85. The normalized spacial score (nSPS) is 14.3. The summed E-state index contributed by atoms with van der Waals surface area (Å²) in [6.45, 7) is 0. The highest BCUT2D eigenvalue weighted by molar-refractivity contribution is 5.91. The van der Waals surface area contributed by atoms with Crippen LogP contribution in [0.2, 0.25) is 0 Å². The van der Waals surface area contributed by atoms with Crippen molar-refractivity contribution >= 4 is 17.1 Å². The number of nitrogens with zero attached hydrogens (tertiary/aromatic N) is 3. The lowest BCUT2D eigenvalue weighted by atomic mass is 9.71. The number of nitrogens with one attached hydrogen (secondary N) is 1. The van der Waals surface area contributed by atoms with Gasteiger partial charge in [-0.2, -0.15) is 0 Å². The van der Waals surface area contributed by atoms with E-state index in [1.54, 1.807) is 35.6 Å². The molecule has 0 spiro atoms. The van der Waals surface area contributed by atoms with Gasteiger partial charge in [0, 0.05) is 24.2 Å². The molecule has 1 aliphatic rings. The summed E-state index contributed by atoms with van der Waals surface area (Å²) in [4.78, 5) is 33.8. The first kappa shape index (κ1) is 21.8. The van der Waals surface area contributed by atoms with Crippen LogP contribution in [0.1, 0.15) is 24.8 Å². The van der Waals surface area contributed by atoms with Gasteiger partial charge >= 0.3 is 6.09 Å². The molecule has 5 aromatic rings. The maximum absolute atomic E-state index is 13.9. The van der Waals surface area contributed by atoms with E-state index in [2.05, 4.69) is 15.3 Å². The second-order valence-electron chi connectivity index (χ2n) is 8.93. The van der Waals surface area contributed by atoms with E-state index >= 15 is 0 Å². The van der Waals surface area contributed by atoms with Crippen LogP contribution in [0, 0.1) is 0 Å². The van der Waals surface area contributed by atoms with Crippen LogP contribution in [0.15, 0.2) is 94.8 Å². The van der Waals surface area contributed by atoms with Crippen molar-refractivity contribution in [1.82, 2.24) is 19.9 Å². The Morgan fingerprint density at radius 2 is 1.78 bits per heavy atom. The quantitative estimate of drug-likeness (QED) is 0.352. The Morgan fingerprint density at radius 1 is 1.00 bits per heavy atom. The van der Waals surface area contributed by atoms with E-state index < -0.39 is 11.6 Å². The van der Waals surface area contributed by atoms with Gasteiger partial charge in [-0.25, -0.2) is 14.8 Å². The summed E-state index contributed by atoms with van der Waals surface area (Å²) in [5.74, 6) is 0.921. The number of amides is 1. The molecule has 6 rings (SSSR count). The number of pyridine rings is 1. The molecule has 0 atom stereocenters. The van der Waals surface area contributed by atoms with Crippen LogP contribution < -0.4 is 10.7 Å². The monoisotopic (exact) mass is 478 g/mol. The lowest BCUT2D eigenvalue weighted by molar-refractivity contribution is 0.144. The molecule has 2 N–H and O–H groups in total. The first-order valence-electron chi connectivity index (χ1n) is 11.7. The van der Waals surface area contributed by atoms with E-state index in [-0.39, 0.29) is 5.43 Å². The van der Waals surface area contributed by atoms with Gasteiger partial charge in [-0.15, -0.1) is 0 Å². The molecule has 3 aromatic heterocycles. The number of carboxylic acid groups (broad SMARTS) is 1. The van der Waals surface area contributed by atoms with Gasteiger partial charge in [0.05, 0.1) is 16.5 Å².